The molecule has 36 heavy (non-hydrogen) atoms. The Balaban J connectivity index is 1.55. The van der Waals surface area contributed by atoms with Gasteiger partial charge >= 0.3 is 5.97 Å². The first-order valence-corrected chi connectivity index (χ1v) is 10.7. The van der Waals surface area contributed by atoms with Gasteiger partial charge in [-0.1, -0.05) is 12.1 Å². The van der Waals surface area contributed by atoms with E-state index in [1.54, 1.807) is 25.1 Å². The highest BCUT2D eigenvalue weighted by molar-refractivity contribution is 6.01. The molecule has 0 bridgehead atoms. The summed E-state index contributed by atoms with van der Waals surface area (Å²) in [6.07, 6.45) is -0.228. The summed E-state index contributed by atoms with van der Waals surface area (Å²) in [5, 5.41) is 14.4. The molecule has 0 spiro atoms. The Morgan fingerprint density at radius 3 is 2.42 bits per heavy atom. The molecule has 1 aliphatic rings. The molecule has 0 saturated carbocycles. The average molecular weight is 500 g/mol. The minimum absolute atomic E-state index is 0.0781. The molecule has 0 unspecified atom stereocenters. The molecule has 1 saturated heterocycles. The number of ether oxygens (including phenoxy) is 3. The molecule has 2 aromatic carbocycles. The molecular weight excluding hydrogens is 476 g/mol. The van der Waals surface area contributed by atoms with E-state index in [2.05, 4.69) is 10.7 Å². The number of carbonyl (C=O) groups excluding carboxylic acids is 4. The number of carbonyl (C=O) groups is 4. The van der Waals surface area contributed by atoms with Gasteiger partial charge in [-0.3, -0.25) is 39.7 Å². The van der Waals surface area contributed by atoms with Gasteiger partial charge in [0.2, 0.25) is 5.91 Å². The normalized spacial score (nSPS) is 14.7. The molecule has 1 fully saturated rings. The Labute approximate surface area is 205 Å². The van der Waals surface area contributed by atoms with E-state index in [9.17, 15) is 29.3 Å². The van der Waals surface area contributed by atoms with Gasteiger partial charge < -0.3 is 19.5 Å². The highest BCUT2D eigenvalue weighted by Gasteiger charge is 2.37. The minimum Gasteiger partial charge on any atom is -0.496 e. The van der Waals surface area contributed by atoms with Crippen molar-refractivity contribution in [2.75, 3.05) is 32.7 Å². The third-order valence-electron chi connectivity index (χ3n) is 5.38. The van der Waals surface area contributed by atoms with E-state index in [1.165, 1.54) is 32.4 Å². The third-order valence-corrected chi connectivity index (χ3v) is 5.38. The lowest BCUT2D eigenvalue weighted by Gasteiger charge is -2.19. The number of anilines is 1. The summed E-state index contributed by atoms with van der Waals surface area (Å²) >= 11 is 0. The van der Waals surface area contributed by atoms with Crippen molar-refractivity contribution in [1.29, 1.82) is 0 Å². The van der Waals surface area contributed by atoms with Gasteiger partial charge in [0, 0.05) is 23.7 Å². The Hall–Kier alpha value is -4.68. The fourth-order valence-electron chi connectivity index (χ4n) is 3.56. The molecule has 13 nitrogen and oxygen atoms in total. The van der Waals surface area contributed by atoms with Crippen LogP contribution in [0.4, 0.5) is 11.4 Å². The van der Waals surface area contributed by atoms with Crippen molar-refractivity contribution < 1.29 is 38.3 Å². The molecule has 3 rings (SSSR count). The fraction of sp³-hybridized carbons (Fsp3) is 0.304. The molecular formula is C23H24N4O9. The van der Waals surface area contributed by atoms with Crippen molar-refractivity contribution in [3.63, 3.8) is 0 Å². The molecule has 190 valence electrons. The smallest absolute Gasteiger partial charge is 0.311 e. The van der Waals surface area contributed by atoms with Crippen LogP contribution in [0.25, 0.3) is 0 Å². The van der Waals surface area contributed by atoms with Crippen molar-refractivity contribution in [2.24, 2.45) is 5.92 Å². The second-order valence-electron chi connectivity index (χ2n) is 7.80. The average Bonchev–Trinajstić information content (AvgIpc) is 3.22. The van der Waals surface area contributed by atoms with Gasteiger partial charge in [0.1, 0.15) is 17.1 Å². The van der Waals surface area contributed by atoms with Gasteiger partial charge in [0.15, 0.2) is 6.61 Å². The molecule has 13 heteroatoms. The maximum Gasteiger partial charge on any atom is 0.311 e. The van der Waals surface area contributed by atoms with Gasteiger partial charge in [0.25, 0.3) is 17.5 Å². The summed E-state index contributed by atoms with van der Waals surface area (Å²) < 4.78 is 15.4. The molecule has 2 N–H and O–H groups in total. The number of hydrazine groups is 1. The minimum atomic E-state index is -0.911. The molecule has 1 heterocycles. The zero-order chi connectivity index (χ0) is 26.4. The largest absolute Gasteiger partial charge is 0.496 e. The van der Waals surface area contributed by atoms with E-state index in [-0.39, 0.29) is 41.4 Å². The topological polar surface area (TPSA) is 166 Å². The Morgan fingerprint density at radius 2 is 1.81 bits per heavy atom. The third kappa shape index (κ3) is 5.87. The van der Waals surface area contributed by atoms with Crippen LogP contribution in [-0.2, 0) is 19.1 Å². The zero-order valence-electron chi connectivity index (χ0n) is 19.7. The maximum absolute atomic E-state index is 12.8. The number of nitrogens with zero attached hydrogens (tertiary/aromatic N) is 2. The summed E-state index contributed by atoms with van der Waals surface area (Å²) in [6, 6.07) is 8.91. The molecule has 1 atom stereocenters. The van der Waals surface area contributed by atoms with E-state index in [0.29, 0.717) is 5.56 Å². The van der Waals surface area contributed by atoms with Crippen molar-refractivity contribution in [3.8, 4) is 11.5 Å². The predicted molar refractivity (Wildman–Crippen MR) is 124 cm³/mol. The van der Waals surface area contributed by atoms with Crippen LogP contribution >= 0.6 is 0 Å². The SMILES string of the molecule is COc1cccc(OC)c1C(=O)NN1C[C@H](C(=O)OCC(=O)Nc2ccc(C)c([N+](=O)[O-])c2)CC1=O. The molecule has 2 aromatic rings. The Bertz CT molecular complexity index is 1190. The summed E-state index contributed by atoms with van der Waals surface area (Å²) in [7, 11) is 2.77. The lowest BCUT2D eigenvalue weighted by molar-refractivity contribution is -0.385. The predicted octanol–water partition coefficient (Wildman–Crippen LogP) is 1.60. The molecule has 3 amide bonds. The van der Waals surface area contributed by atoms with Crippen molar-refractivity contribution in [2.45, 2.75) is 13.3 Å². The monoisotopic (exact) mass is 500 g/mol. The second-order valence-corrected chi connectivity index (χ2v) is 7.80. The highest BCUT2D eigenvalue weighted by atomic mass is 16.6. The van der Waals surface area contributed by atoms with Gasteiger partial charge in [-0.15, -0.1) is 0 Å². The Morgan fingerprint density at radius 1 is 1.14 bits per heavy atom. The van der Waals surface area contributed by atoms with Crippen LogP contribution in [0.5, 0.6) is 11.5 Å². The summed E-state index contributed by atoms with van der Waals surface area (Å²) in [5.74, 6) is -3.14. The highest BCUT2D eigenvalue weighted by Crippen LogP contribution is 2.28. The fourth-order valence-corrected chi connectivity index (χ4v) is 3.56. The van der Waals surface area contributed by atoms with Crippen molar-refractivity contribution in [3.05, 3.63) is 57.6 Å². The van der Waals surface area contributed by atoms with Crippen molar-refractivity contribution in [1.82, 2.24) is 10.4 Å². The van der Waals surface area contributed by atoms with Gasteiger partial charge in [0.05, 0.1) is 31.6 Å². The number of hydrogen-bond acceptors (Lipinski definition) is 9. The number of nitro benzene ring substituents is 1. The lowest BCUT2D eigenvalue weighted by atomic mass is 10.1. The van der Waals surface area contributed by atoms with Crippen LogP contribution in [0.15, 0.2) is 36.4 Å². The summed E-state index contributed by atoms with van der Waals surface area (Å²) in [5.41, 5.74) is 2.95. The van der Waals surface area contributed by atoms with E-state index in [4.69, 9.17) is 14.2 Å². The first kappa shape index (κ1) is 25.9. The van der Waals surface area contributed by atoms with E-state index in [1.807, 2.05) is 0 Å². The lowest BCUT2D eigenvalue weighted by Crippen LogP contribution is -2.43. The number of methoxy groups -OCH3 is 2. The first-order valence-electron chi connectivity index (χ1n) is 10.7. The van der Waals surface area contributed by atoms with E-state index < -0.39 is 41.1 Å². The number of amides is 3. The standard InChI is InChI=1S/C23H24N4O9/c1-13-7-8-15(10-16(13)27(32)33)24-19(28)12-36-23(31)14-9-20(29)26(11-14)25-22(30)21-17(34-2)5-4-6-18(21)35-3/h4-8,10,14H,9,11-12H2,1-3H3,(H,24,28)(H,25,30)/t14-/m1/s1. The van der Waals surface area contributed by atoms with Crippen LogP contribution in [0, 0.1) is 23.0 Å². The molecule has 1 aliphatic heterocycles. The molecule has 0 aromatic heterocycles. The zero-order valence-corrected chi connectivity index (χ0v) is 19.7. The van der Waals surface area contributed by atoms with Crippen LogP contribution in [0.1, 0.15) is 22.3 Å². The second kappa shape index (κ2) is 11.2. The van der Waals surface area contributed by atoms with Crippen LogP contribution in [-0.4, -0.2) is 61.0 Å². The maximum atomic E-state index is 12.8. The van der Waals surface area contributed by atoms with E-state index in [0.717, 1.165) is 5.01 Å². The molecule has 0 radical (unpaired) electrons. The van der Waals surface area contributed by atoms with Gasteiger partial charge in [-0.2, -0.15) is 0 Å². The number of esters is 1. The van der Waals surface area contributed by atoms with E-state index >= 15 is 0 Å². The summed E-state index contributed by atoms with van der Waals surface area (Å²) in [6.45, 7) is 0.746. The van der Waals surface area contributed by atoms with Crippen LogP contribution in [0.3, 0.4) is 0 Å². The number of hydrogen-bond donors (Lipinski definition) is 2. The van der Waals surface area contributed by atoms with Crippen LogP contribution in [0.2, 0.25) is 0 Å². The number of nitrogens with one attached hydrogen (secondary N) is 2. The number of rotatable bonds is 9. The van der Waals surface area contributed by atoms with Gasteiger partial charge in [-0.25, -0.2) is 0 Å². The van der Waals surface area contributed by atoms with Crippen LogP contribution < -0.4 is 20.2 Å². The number of nitro groups is 1. The Kier molecular flexibility index (Phi) is 8.04. The van der Waals surface area contributed by atoms with Gasteiger partial charge in [-0.05, 0) is 25.1 Å². The number of benzene rings is 2. The molecule has 0 aliphatic carbocycles. The summed E-state index contributed by atoms with van der Waals surface area (Å²) in [4.78, 5) is 60.2. The number of aryl methyl sites for hydroxylation is 1. The quantitative estimate of drug-likeness (QED) is 0.295. The van der Waals surface area contributed by atoms with Crippen molar-refractivity contribution >= 4 is 35.1 Å². The first-order chi connectivity index (χ1) is 17.1.